The molecule has 0 heterocycles. The molecule has 0 spiro atoms. The van der Waals surface area contributed by atoms with Gasteiger partial charge < -0.3 is 18.2 Å². The molecule has 0 N–H and O–H groups in total. The van der Waals surface area contributed by atoms with E-state index in [9.17, 15) is 52.7 Å². The van der Waals surface area contributed by atoms with Crippen LogP contribution in [0.5, 0.6) is 0 Å². The second kappa shape index (κ2) is 18.6. The first kappa shape index (κ1) is 51.8. The van der Waals surface area contributed by atoms with Crippen molar-refractivity contribution >= 4 is 40.5 Å². The van der Waals surface area contributed by atoms with Crippen molar-refractivity contribution in [2.24, 2.45) is 0 Å². The van der Waals surface area contributed by atoms with Gasteiger partial charge in [0.15, 0.2) is 40.5 Å². The molecule has 1 aromatic carbocycles. The molecular formula is C10H6Cu2F12O12S4. The van der Waals surface area contributed by atoms with Crippen molar-refractivity contribution in [1.82, 2.24) is 0 Å². The molecule has 0 fully saturated rings. The Morgan fingerprint density at radius 3 is 0.400 bits per heavy atom. The molecule has 1 aromatic rings. The number of halogens is 12. The molecule has 12 nitrogen and oxygen atoms in total. The molecule has 0 bridgehead atoms. The molecule has 0 aromatic heterocycles. The van der Waals surface area contributed by atoms with Crippen LogP contribution in [-0.2, 0) is 74.6 Å². The molecule has 0 unspecified atom stereocenters. The van der Waals surface area contributed by atoms with Crippen LogP contribution in [0.1, 0.15) is 0 Å². The number of alkyl halides is 12. The van der Waals surface area contributed by atoms with Gasteiger partial charge in [-0.15, -0.1) is 0 Å². The van der Waals surface area contributed by atoms with Gasteiger partial charge in [0.2, 0.25) is 0 Å². The summed E-state index contributed by atoms with van der Waals surface area (Å²) >= 11 is 0. The summed E-state index contributed by atoms with van der Waals surface area (Å²) in [6.45, 7) is 0. The topological polar surface area (TPSA) is 229 Å². The van der Waals surface area contributed by atoms with E-state index in [-0.39, 0.29) is 34.1 Å². The smallest absolute Gasteiger partial charge is 0.741 e. The van der Waals surface area contributed by atoms with Gasteiger partial charge in [-0.3, -0.25) is 0 Å². The zero-order valence-corrected chi connectivity index (χ0v) is 22.3. The average Bonchev–Trinajstić information content (AvgIpc) is 2.58. The molecule has 0 aliphatic carbocycles. The quantitative estimate of drug-likeness (QED) is 0.159. The van der Waals surface area contributed by atoms with Crippen molar-refractivity contribution in [3.05, 3.63) is 36.4 Å². The summed E-state index contributed by atoms with van der Waals surface area (Å²) in [5, 5.41) is 0. The first-order chi connectivity index (χ1) is 16.0. The molecule has 0 atom stereocenters. The third-order valence-corrected chi connectivity index (χ3v) is 4.07. The Labute approximate surface area is 237 Å². The maximum atomic E-state index is 10.7. The van der Waals surface area contributed by atoms with Crippen LogP contribution in [0.15, 0.2) is 36.4 Å². The van der Waals surface area contributed by atoms with E-state index in [1.165, 1.54) is 0 Å². The van der Waals surface area contributed by atoms with Gasteiger partial charge in [0.25, 0.3) is 0 Å². The number of hydrogen-bond acceptors (Lipinski definition) is 12. The molecule has 0 saturated heterocycles. The van der Waals surface area contributed by atoms with E-state index in [1.807, 2.05) is 36.4 Å². The standard InChI is InChI=1S/C6H6.4CHF3O3S.2Cu/c1-2-4-6-5-3-1;4*2-1(3,4)8(5,6)7;;/h1-6H;4*(H,5,6,7);;/q;;;;;2*+2/p-4. The molecule has 248 valence electrons. The fourth-order valence-electron chi connectivity index (χ4n) is 0.385. The molecule has 1 rings (SSSR count). The molecular weight excluding hydrogens is 795 g/mol. The summed E-state index contributed by atoms with van der Waals surface area (Å²) in [5.74, 6) is 0. The Hall–Kier alpha value is -0.941. The second-order valence-electron chi connectivity index (χ2n) is 4.75. The van der Waals surface area contributed by atoms with Crippen molar-refractivity contribution in [3.63, 3.8) is 0 Å². The first-order valence-electron chi connectivity index (χ1n) is 7.08. The third kappa shape index (κ3) is 28.6. The monoisotopic (exact) mass is 800 g/mol. The van der Waals surface area contributed by atoms with E-state index in [0.717, 1.165) is 0 Å². The normalized spacial score (nSPS) is 12.4. The molecule has 0 saturated carbocycles. The summed E-state index contributed by atoms with van der Waals surface area (Å²) in [6, 6.07) is 12.0. The maximum absolute atomic E-state index is 10.7. The summed E-state index contributed by atoms with van der Waals surface area (Å²) < 4.78 is 236. The Bertz CT molecular complexity index is 1040. The van der Waals surface area contributed by atoms with Crippen LogP contribution in [0.25, 0.3) is 0 Å². The third-order valence-electron chi connectivity index (χ3n) is 1.80. The van der Waals surface area contributed by atoms with Crippen LogP contribution in [0, 0.1) is 0 Å². The number of benzene rings is 1. The first-order valence-corrected chi connectivity index (χ1v) is 12.7. The molecule has 0 aliphatic rings. The molecule has 0 aliphatic heterocycles. The average molecular weight is 801 g/mol. The van der Waals surface area contributed by atoms with E-state index in [1.54, 1.807) is 0 Å². The van der Waals surface area contributed by atoms with Gasteiger partial charge in [-0.05, 0) is 0 Å². The molecule has 40 heavy (non-hydrogen) atoms. The van der Waals surface area contributed by atoms with Crippen LogP contribution in [0.3, 0.4) is 0 Å². The molecule has 30 heteroatoms. The van der Waals surface area contributed by atoms with E-state index >= 15 is 0 Å². The number of rotatable bonds is 0. The summed E-state index contributed by atoms with van der Waals surface area (Å²) in [5.41, 5.74) is -22.6. The Morgan fingerprint density at radius 2 is 0.375 bits per heavy atom. The van der Waals surface area contributed by atoms with E-state index < -0.39 is 62.5 Å². The maximum Gasteiger partial charge on any atom is 2.00 e. The Kier molecular flexibility index (Phi) is 24.0. The summed E-state index contributed by atoms with van der Waals surface area (Å²) in [6.07, 6.45) is 0. The minimum absolute atomic E-state index is 0. The van der Waals surface area contributed by atoms with Gasteiger partial charge in [0, 0.05) is 0 Å². The summed E-state index contributed by atoms with van der Waals surface area (Å²) in [7, 11) is -24.4. The Morgan fingerprint density at radius 1 is 0.325 bits per heavy atom. The van der Waals surface area contributed by atoms with E-state index in [4.69, 9.17) is 51.9 Å². The fraction of sp³-hybridized carbons (Fsp3) is 0.400. The van der Waals surface area contributed by atoms with Crippen LogP contribution in [0.4, 0.5) is 52.7 Å². The van der Waals surface area contributed by atoms with Crippen LogP contribution in [0.2, 0.25) is 0 Å². The van der Waals surface area contributed by atoms with E-state index in [2.05, 4.69) is 0 Å². The van der Waals surface area contributed by atoms with Gasteiger partial charge in [0.1, 0.15) is 0 Å². The SMILES string of the molecule is O=S(=O)([O-])C(F)(F)F.O=S(=O)([O-])C(F)(F)F.O=S(=O)([O-])C(F)(F)F.O=S(=O)([O-])C(F)(F)F.[Cu+2].[Cu+2].c1ccccc1. The van der Waals surface area contributed by atoms with Crippen molar-refractivity contribution in [1.29, 1.82) is 0 Å². The largest absolute Gasteiger partial charge is 2.00 e. The molecule has 0 amide bonds. The molecule has 2 radical (unpaired) electrons. The number of hydrogen-bond donors (Lipinski definition) is 0. The van der Waals surface area contributed by atoms with Gasteiger partial charge in [-0.1, -0.05) is 36.4 Å². The zero-order valence-electron chi connectivity index (χ0n) is 17.1. The predicted octanol–water partition coefficient (Wildman–Crippen LogP) is 1.89. The summed E-state index contributed by atoms with van der Waals surface area (Å²) in [4.78, 5) is 0. The second-order valence-corrected chi connectivity index (χ2v) is 10.2. The predicted molar refractivity (Wildman–Crippen MR) is 89.5 cm³/mol. The Balaban J connectivity index is -0.0000000894. The van der Waals surface area contributed by atoms with Crippen LogP contribution < -0.4 is 0 Å². The fourth-order valence-corrected chi connectivity index (χ4v) is 0.385. The minimum Gasteiger partial charge on any atom is -0.741 e. The van der Waals surface area contributed by atoms with Gasteiger partial charge in [0.05, 0.1) is 0 Å². The minimum atomic E-state index is -6.09. The van der Waals surface area contributed by atoms with E-state index in [0.29, 0.717) is 0 Å². The van der Waals surface area contributed by atoms with Crippen LogP contribution in [-0.4, -0.2) is 73.9 Å². The van der Waals surface area contributed by atoms with Crippen molar-refractivity contribution in [3.8, 4) is 0 Å². The van der Waals surface area contributed by atoms with Gasteiger partial charge in [-0.2, -0.15) is 52.7 Å². The van der Waals surface area contributed by atoms with Gasteiger partial charge in [-0.25, -0.2) is 33.7 Å². The van der Waals surface area contributed by atoms with Crippen molar-refractivity contribution in [2.75, 3.05) is 0 Å². The van der Waals surface area contributed by atoms with Crippen LogP contribution >= 0.6 is 0 Å². The van der Waals surface area contributed by atoms with Crippen molar-refractivity contribution in [2.45, 2.75) is 22.0 Å². The van der Waals surface area contributed by atoms with Crippen molar-refractivity contribution < 1.29 is 139 Å². The van der Waals surface area contributed by atoms with Gasteiger partial charge >= 0.3 is 56.2 Å². The zero-order chi connectivity index (χ0) is 32.2.